The SMILES string of the molecule is CCc1cccc(CC)c1N1C[C@@H](C(=O)Oc2cc(C)ccc2C)CC1=O. The Morgan fingerprint density at radius 1 is 1.11 bits per heavy atom. The van der Waals surface area contributed by atoms with Gasteiger partial charge in [-0.15, -0.1) is 0 Å². The summed E-state index contributed by atoms with van der Waals surface area (Å²) in [5.41, 5.74) is 5.23. The van der Waals surface area contributed by atoms with Gasteiger partial charge in [0.15, 0.2) is 0 Å². The number of aryl methyl sites for hydroxylation is 4. The second-order valence-electron chi connectivity index (χ2n) is 7.23. The van der Waals surface area contributed by atoms with Crippen molar-refractivity contribution in [2.45, 2.75) is 47.0 Å². The van der Waals surface area contributed by atoms with Gasteiger partial charge in [-0.3, -0.25) is 9.59 Å². The minimum absolute atomic E-state index is 0.00601. The minimum atomic E-state index is -0.438. The van der Waals surface area contributed by atoms with Crippen LogP contribution in [0.25, 0.3) is 0 Å². The number of rotatable bonds is 5. The number of nitrogens with zero attached hydrogens (tertiary/aromatic N) is 1. The fraction of sp³-hybridized carbons (Fsp3) is 0.391. The zero-order valence-corrected chi connectivity index (χ0v) is 16.5. The third-order valence-electron chi connectivity index (χ3n) is 5.25. The molecule has 0 aliphatic carbocycles. The van der Waals surface area contributed by atoms with Gasteiger partial charge in [-0.1, -0.05) is 44.2 Å². The highest BCUT2D eigenvalue weighted by Crippen LogP contribution is 2.33. The molecule has 1 aliphatic heterocycles. The molecule has 1 atom stereocenters. The molecule has 2 aromatic rings. The van der Waals surface area contributed by atoms with E-state index in [1.54, 1.807) is 4.90 Å². The van der Waals surface area contributed by atoms with E-state index in [0.717, 1.165) is 40.8 Å². The average molecular weight is 365 g/mol. The summed E-state index contributed by atoms with van der Waals surface area (Å²) in [7, 11) is 0. The molecule has 1 saturated heterocycles. The average Bonchev–Trinajstić information content (AvgIpc) is 3.05. The van der Waals surface area contributed by atoms with Crippen molar-refractivity contribution < 1.29 is 14.3 Å². The van der Waals surface area contributed by atoms with Crippen LogP contribution in [0.15, 0.2) is 36.4 Å². The Balaban J connectivity index is 1.82. The molecule has 0 spiro atoms. The second kappa shape index (κ2) is 7.95. The Morgan fingerprint density at radius 2 is 1.78 bits per heavy atom. The van der Waals surface area contributed by atoms with E-state index in [-0.39, 0.29) is 18.3 Å². The van der Waals surface area contributed by atoms with Crippen LogP contribution in [-0.4, -0.2) is 18.4 Å². The number of carbonyl (C=O) groups excluding carboxylic acids is 2. The van der Waals surface area contributed by atoms with Gasteiger partial charge in [-0.2, -0.15) is 0 Å². The Kier molecular flexibility index (Phi) is 5.64. The zero-order chi connectivity index (χ0) is 19.6. The van der Waals surface area contributed by atoms with E-state index >= 15 is 0 Å². The minimum Gasteiger partial charge on any atom is -0.426 e. The number of anilines is 1. The van der Waals surface area contributed by atoms with Crippen molar-refractivity contribution >= 4 is 17.6 Å². The lowest BCUT2D eigenvalue weighted by Crippen LogP contribution is -2.29. The maximum Gasteiger partial charge on any atom is 0.316 e. The van der Waals surface area contributed by atoms with E-state index in [1.807, 2.05) is 38.1 Å². The van der Waals surface area contributed by atoms with Crippen LogP contribution in [-0.2, 0) is 22.4 Å². The maximum absolute atomic E-state index is 12.7. The van der Waals surface area contributed by atoms with Crippen molar-refractivity contribution in [3.8, 4) is 5.75 Å². The van der Waals surface area contributed by atoms with E-state index in [0.29, 0.717) is 12.3 Å². The smallest absolute Gasteiger partial charge is 0.316 e. The van der Waals surface area contributed by atoms with Crippen molar-refractivity contribution in [2.75, 3.05) is 11.4 Å². The van der Waals surface area contributed by atoms with Crippen LogP contribution in [0.3, 0.4) is 0 Å². The van der Waals surface area contributed by atoms with Gasteiger partial charge in [0.1, 0.15) is 5.75 Å². The largest absolute Gasteiger partial charge is 0.426 e. The number of hydrogen-bond acceptors (Lipinski definition) is 3. The predicted molar refractivity (Wildman–Crippen MR) is 107 cm³/mol. The molecule has 1 aliphatic rings. The summed E-state index contributed by atoms with van der Waals surface area (Å²) in [5.74, 6) is -0.193. The van der Waals surface area contributed by atoms with Gasteiger partial charge in [-0.05, 0) is 55.0 Å². The molecule has 1 amide bonds. The summed E-state index contributed by atoms with van der Waals surface area (Å²) in [6, 6.07) is 11.9. The number of hydrogen-bond donors (Lipinski definition) is 0. The van der Waals surface area contributed by atoms with Crippen molar-refractivity contribution in [1.29, 1.82) is 0 Å². The van der Waals surface area contributed by atoms with Gasteiger partial charge < -0.3 is 9.64 Å². The molecule has 4 heteroatoms. The first-order chi connectivity index (χ1) is 12.9. The number of ether oxygens (including phenoxy) is 1. The lowest BCUT2D eigenvalue weighted by Gasteiger charge is -2.23. The Bertz CT molecular complexity index is 850. The molecule has 0 saturated carbocycles. The van der Waals surface area contributed by atoms with Gasteiger partial charge in [0, 0.05) is 18.7 Å². The molecular weight excluding hydrogens is 338 g/mol. The summed E-state index contributed by atoms with van der Waals surface area (Å²) in [6.45, 7) is 8.44. The molecule has 4 nitrogen and oxygen atoms in total. The number of para-hydroxylation sites is 1. The first kappa shape index (κ1) is 19.2. The van der Waals surface area contributed by atoms with Crippen molar-refractivity contribution in [2.24, 2.45) is 5.92 Å². The lowest BCUT2D eigenvalue weighted by atomic mass is 10.0. The van der Waals surface area contributed by atoms with Crippen LogP contribution < -0.4 is 9.64 Å². The van der Waals surface area contributed by atoms with Crippen molar-refractivity contribution in [3.63, 3.8) is 0 Å². The van der Waals surface area contributed by atoms with Crippen LogP contribution in [0.2, 0.25) is 0 Å². The highest BCUT2D eigenvalue weighted by atomic mass is 16.5. The van der Waals surface area contributed by atoms with Gasteiger partial charge in [0.2, 0.25) is 5.91 Å². The number of amides is 1. The topological polar surface area (TPSA) is 46.6 Å². The molecule has 1 fully saturated rings. The summed E-state index contributed by atoms with van der Waals surface area (Å²) < 4.78 is 5.64. The highest BCUT2D eigenvalue weighted by molar-refractivity contribution is 6.01. The van der Waals surface area contributed by atoms with E-state index in [9.17, 15) is 9.59 Å². The zero-order valence-electron chi connectivity index (χ0n) is 16.5. The molecule has 0 aromatic heterocycles. The summed E-state index contributed by atoms with van der Waals surface area (Å²) in [6.07, 6.45) is 1.90. The molecule has 142 valence electrons. The van der Waals surface area contributed by atoms with Gasteiger partial charge in [0.25, 0.3) is 0 Å². The fourth-order valence-corrected chi connectivity index (χ4v) is 3.65. The Labute approximate surface area is 161 Å². The molecule has 0 radical (unpaired) electrons. The summed E-state index contributed by atoms with van der Waals surface area (Å²) >= 11 is 0. The molecule has 27 heavy (non-hydrogen) atoms. The van der Waals surface area contributed by atoms with Gasteiger partial charge in [-0.25, -0.2) is 0 Å². The lowest BCUT2D eigenvalue weighted by molar-refractivity contribution is -0.139. The number of esters is 1. The number of carbonyl (C=O) groups is 2. The maximum atomic E-state index is 12.7. The third-order valence-corrected chi connectivity index (χ3v) is 5.25. The van der Waals surface area contributed by atoms with Crippen LogP contribution >= 0.6 is 0 Å². The highest BCUT2D eigenvalue weighted by Gasteiger charge is 2.37. The van der Waals surface area contributed by atoms with E-state index in [2.05, 4.69) is 26.0 Å². The predicted octanol–water partition coefficient (Wildman–Crippen LogP) is 4.39. The molecule has 3 rings (SSSR count). The standard InChI is InChI=1S/C23H27NO3/c1-5-17-8-7-9-18(6-2)22(17)24-14-19(13-21(24)25)23(26)27-20-12-15(3)10-11-16(20)4/h7-12,19H,5-6,13-14H2,1-4H3/t19-/m0/s1. The normalized spacial score (nSPS) is 16.7. The monoisotopic (exact) mass is 365 g/mol. The molecule has 0 bridgehead atoms. The van der Waals surface area contributed by atoms with Crippen LogP contribution in [0.1, 0.15) is 42.5 Å². The van der Waals surface area contributed by atoms with E-state index in [4.69, 9.17) is 4.74 Å². The quantitative estimate of drug-likeness (QED) is 0.583. The number of benzene rings is 2. The van der Waals surface area contributed by atoms with Crippen molar-refractivity contribution in [3.05, 3.63) is 58.7 Å². The van der Waals surface area contributed by atoms with Gasteiger partial charge in [0.05, 0.1) is 5.92 Å². The molecule has 0 unspecified atom stereocenters. The van der Waals surface area contributed by atoms with E-state index < -0.39 is 5.92 Å². The molecule has 2 aromatic carbocycles. The summed E-state index contributed by atoms with van der Waals surface area (Å²) in [4.78, 5) is 27.2. The summed E-state index contributed by atoms with van der Waals surface area (Å²) in [5, 5.41) is 0. The van der Waals surface area contributed by atoms with E-state index in [1.165, 1.54) is 0 Å². The molecular formula is C23H27NO3. The first-order valence-electron chi connectivity index (χ1n) is 9.64. The molecule has 0 N–H and O–H groups in total. The van der Waals surface area contributed by atoms with Crippen LogP contribution in [0, 0.1) is 19.8 Å². The van der Waals surface area contributed by atoms with Crippen LogP contribution in [0.4, 0.5) is 5.69 Å². The fourth-order valence-electron chi connectivity index (χ4n) is 3.65. The third kappa shape index (κ3) is 3.90. The first-order valence-corrected chi connectivity index (χ1v) is 9.64. The Morgan fingerprint density at radius 3 is 2.41 bits per heavy atom. The van der Waals surface area contributed by atoms with Gasteiger partial charge >= 0.3 is 5.97 Å². The molecule has 1 heterocycles. The van der Waals surface area contributed by atoms with Crippen LogP contribution in [0.5, 0.6) is 5.75 Å². The van der Waals surface area contributed by atoms with Crippen molar-refractivity contribution in [1.82, 2.24) is 0 Å². The second-order valence-corrected chi connectivity index (χ2v) is 7.23. The Hall–Kier alpha value is -2.62.